The first kappa shape index (κ1) is 10.8. The van der Waals surface area contributed by atoms with E-state index in [0.717, 1.165) is 16.5 Å². The third-order valence-electron chi connectivity index (χ3n) is 2.86. The molecular formula is C14H12FN3. The molecule has 0 amide bonds. The number of aromatic nitrogens is 2. The summed E-state index contributed by atoms with van der Waals surface area (Å²) in [5.74, 6) is -0.318. The lowest BCUT2D eigenvalue weighted by Crippen LogP contribution is -2.02. The molecule has 0 radical (unpaired) electrons. The smallest absolute Gasteiger partial charge is 0.125 e. The van der Waals surface area contributed by atoms with Crippen molar-refractivity contribution in [3.05, 3.63) is 60.0 Å². The zero-order chi connectivity index (χ0) is 12.5. The van der Waals surface area contributed by atoms with Crippen LogP contribution in [0.3, 0.4) is 0 Å². The van der Waals surface area contributed by atoms with E-state index in [1.54, 1.807) is 12.3 Å². The molecule has 0 bridgehead atoms. The third kappa shape index (κ3) is 1.93. The number of hydrogen-bond acceptors (Lipinski definition) is 2. The van der Waals surface area contributed by atoms with Gasteiger partial charge in [0.1, 0.15) is 5.82 Å². The Bertz CT molecular complexity index is 683. The van der Waals surface area contributed by atoms with Gasteiger partial charge in [-0.05, 0) is 29.8 Å². The quantitative estimate of drug-likeness (QED) is 0.701. The van der Waals surface area contributed by atoms with E-state index in [2.05, 4.69) is 5.10 Å². The Morgan fingerprint density at radius 1 is 1.17 bits per heavy atom. The molecule has 2 aromatic carbocycles. The van der Waals surface area contributed by atoms with E-state index < -0.39 is 0 Å². The summed E-state index contributed by atoms with van der Waals surface area (Å²) in [6.07, 6.45) is 1.80. The van der Waals surface area contributed by atoms with Gasteiger partial charge in [0.05, 0.1) is 18.3 Å². The van der Waals surface area contributed by atoms with Crippen LogP contribution in [0.25, 0.3) is 10.9 Å². The zero-order valence-corrected chi connectivity index (χ0v) is 9.68. The highest BCUT2D eigenvalue weighted by Crippen LogP contribution is 2.16. The molecule has 4 heteroatoms. The van der Waals surface area contributed by atoms with Crippen LogP contribution in [0, 0.1) is 5.82 Å². The highest BCUT2D eigenvalue weighted by atomic mass is 19.1. The summed E-state index contributed by atoms with van der Waals surface area (Å²) in [6.45, 7) is 0.509. The topological polar surface area (TPSA) is 43.8 Å². The number of para-hydroxylation sites is 1. The number of rotatable bonds is 2. The summed E-state index contributed by atoms with van der Waals surface area (Å²) >= 11 is 0. The van der Waals surface area contributed by atoms with Gasteiger partial charge in [0.25, 0.3) is 0 Å². The maximum Gasteiger partial charge on any atom is 0.125 e. The normalized spacial score (nSPS) is 10.9. The van der Waals surface area contributed by atoms with Crippen LogP contribution in [0.5, 0.6) is 0 Å². The van der Waals surface area contributed by atoms with Gasteiger partial charge in [-0.25, -0.2) is 4.39 Å². The number of nitrogens with zero attached hydrogens (tertiary/aromatic N) is 2. The van der Waals surface area contributed by atoms with Crippen LogP contribution in [-0.4, -0.2) is 9.78 Å². The standard InChI is InChI=1S/C14H12FN3/c15-12-5-10(6-13(16)7-12)9-18-14-4-2-1-3-11(14)8-17-18/h1-8H,9,16H2. The van der Waals surface area contributed by atoms with E-state index in [1.807, 2.05) is 28.9 Å². The van der Waals surface area contributed by atoms with Gasteiger partial charge in [0, 0.05) is 11.1 Å². The molecule has 1 heterocycles. The molecule has 0 aliphatic rings. The second-order valence-corrected chi connectivity index (χ2v) is 4.25. The summed E-state index contributed by atoms with van der Waals surface area (Å²) in [7, 11) is 0. The molecule has 18 heavy (non-hydrogen) atoms. The summed E-state index contributed by atoms with van der Waals surface area (Å²) < 4.78 is 15.1. The predicted molar refractivity (Wildman–Crippen MR) is 69.6 cm³/mol. The van der Waals surface area contributed by atoms with Crippen LogP contribution in [0.4, 0.5) is 10.1 Å². The molecule has 3 aromatic rings. The molecule has 0 fully saturated rings. The van der Waals surface area contributed by atoms with Crippen LogP contribution in [-0.2, 0) is 6.54 Å². The molecule has 0 spiro atoms. The van der Waals surface area contributed by atoms with E-state index in [-0.39, 0.29) is 5.82 Å². The van der Waals surface area contributed by atoms with Crippen molar-refractivity contribution in [1.29, 1.82) is 0 Å². The number of benzene rings is 2. The van der Waals surface area contributed by atoms with Crippen LogP contribution in [0.15, 0.2) is 48.7 Å². The largest absolute Gasteiger partial charge is 0.399 e. The van der Waals surface area contributed by atoms with Crippen molar-refractivity contribution < 1.29 is 4.39 Å². The van der Waals surface area contributed by atoms with E-state index in [0.29, 0.717) is 12.2 Å². The molecule has 0 unspecified atom stereocenters. The van der Waals surface area contributed by atoms with Crippen molar-refractivity contribution in [2.75, 3.05) is 5.73 Å². The molecule has 0 saturated carbocycles. The Kier molecular flexibility index (Phi) is 2.48. The molecule has 0 aliphatic carbocycles. The minimum absolute atomic E-state index is 0.318. The van der Waals surface area contributed by atoms with Crippen LogP contribution in [0.1, 0.15) is 5.56 Å². The monoisotopic (exact) mass is 241 g/mol. The van der Waals surface area contributed by atoms with Gasteiger partial charge in [-0.1, -0.05) is 18.2 Å². The van der Waals surface area contributed by atoms with Gasteiger partial charge < -0.3 is 5.73 Å². The van der Waals surface area contributed by atoms with Crippen LogP contribution in [0.2, 0.25) is 0 Å². The lowest BCUT2D eigenvalue weighted by atomic mass is 10.2. The van der Waals surface area contributed by atoms with Crippen molar-refractivity contribution in [3.63, 3.8) is 0 Å². The highest BCUT2D eigenvalue weighted by molar-refractivity contribution is 5.78. The van der Waals surface area contributed by atoms with Crippen molar-refractivity contribution in [3.8, 4) is 0 Å². The van der Waals surface area contributed by atoms with Gasteiger partial charge in [-0.2, -0.15) is 5.10 Å². The second-order valence-electron chi connectivity index (χ2n) is 4.25. The predicted octanol–water partition coefficient (Wildman–Crippen LogP) is 2.81. The number of hydrogen-bond donors (Lipinski definition) is 1. The second kappa shape index (κ2) is 4.14. The fourth-order valence-corrected chi connectivity index (χ4v) is 2.09. The lowest BCUT2D eigenvalue weighted by molar-refractivity contribution is 0.622. The number of nitrogens with two attached hydrogens (primary N) is 1. The number of halogens is 1. The Morgan fingerprint density at radius 2 is 2.00 bits per heavy atom. The molecule has 3 nitrogen and oxygen atoms in total. The molecular weight excluding hydrogens is 229 g/mol. The van der Waals surface area contributed by atoms with E-state index in [4.69, 9.17) is 5.73 Å². The van der Waals surface area contributed by atoms with Gasteiger partial charge >= 0.3 is 0 Å². The Balaban J connectivity index is 2.01. The maximum absolute atomic E-state index is 13.3. The fourth-order valence-electron chi connectivity index (χ4n) is 2.09. The zero-order valence-electron chi connectivity index (χ0n) is 9.68. The van der Waals surface area contributed by atoms with Crippen LogP contribution >= 0.6 is 0 Å². The summed E-state index contributed by atoms with van der Waals surface area (Å²) in [6, 6.07) is 12.5. The Hall–Kier alpha value is -2.36. The van der Waals surface area contributed by atoms with Gasteiger partial charge in [0.15, 0.2) is 0 Å². The van der Waals surface area contributed by atoms with E-state index >= 15 is 0 Å². The van der Waals surface area contributed by atoms with E-state index in [1.165, 1.54) is 12.1 Å². The fraction of sp³-hybridized carbons (Fsp3) is 0.0714. The molecule has 3 rings (SSSR count). The van der Waals surface area contributed by atoms with Gasteiger partial charge in [-0.3, -0.25) is 4.68 Å². The lowest BCUT2D eigenvalue weighted by Gasteiger charge is -2.05. The Morgan fingerprint density at radius 3 is 2.83 bits per heavy atom. The number of fused-ring (bicyclic) bond motifs is 1. The summed E-state index contributed by atoms with van der Waals surface area (Å²) in [5.41, 5.74) is 7.90. The van der Waals surface area contributed by atoms with Crippen molar-refractivity contribution in [2.45, 2.75) is 6.54 Å². The minimum atomic E-state index is -0.318. The van der Waals surface area contributed by atoms with E-state index in [9.17, 15) is 4.39 Å². The molecule has 0 aliphatic heterocycles. The SMILES string of the molecule is Nc1cc(F)cc(Cn2ncc3ccccc32)c1. The van der Waals surface area contributed by atoms with Crippen molar-refractivity contribution >= 4 is 16.6 Å². The molecule has 2 N–H and O–H groups in total. The average molecular weight is 241 g/mol. The molecule has 0 atom stereocenters. The number of anilines is 1. The Labute approximate surface area is 104 Å². The average Bonchev–Trinajstić information content (AvgIpc) is 2.72. The molecule has 0 saturated heterocycles. The first-order valence-electron chi connectivity index (χ1n) is 5.68. The third-order valence-corrected chi connectivity index (χ3v) is 2.86. The van der Waals surface area contributed by atoms with Gasteiger partial charge in [0.2, 0.25) is 0 Å². The molecule has 90 valence electrons. The first-order valence-corrected chi connectivity index (χ1v) is 5.68. The van der Waals surface area contributed by atoms with Crippen molar-refractivity contribution in [1.82, 2.24) is 9.78 Å². The minimum Gasteiger partial charge on any atom is -0.399 e. The highest BCUT2D eigenvalue weighted by Gasteiger charge is 2.04. The van der Waals surface area contributed by atoms with Crippen LogP contribution < -0.4 is 5.73 Å². The van der Waals surface area contributed by atoms with Crippen molar-refractivity contribution in [2.24, 2.45) is 0 Å². The maximum atomic E-state index is 13.3. The first-order chi connectivity index (χ1) is 8.72. The molecule has 1 aromatic heterocycles. The number of nitrogen functional groups attached to an aromatic ring is 1. The summed E-state index contributed by atoms with van der Waals surface area (Å²) in [4.78, 5) is 0. The summed E-state index contributed by atoms with van der Waals surface area (Å²) in [5, 5.41) is 5.37. The van der Waals surface area contributed by atoms with Gasteiger partial charge in [-0.15, -0.1) is 0 Å².